The Morgan fingerprint density at radius 2 is 2.04 bits per heavy atom. The highest BCUT2D eigenvalue weighted by molar-refractivity contribution is 5.91. The first kappa shape index (κ1) is 17.9. The maximum atomic E-state index is 12.4. The first-order chi connectivity index (χ1) is 11.5. The molecule has 1 heterocycles. The second-order valence-corrected chi connectivity index (χ2v) is 5.69. The number of amides is 2. The summed E-state index contributed by atoms with van der Waals surface area (Å²) in [6, 6.07) is 8.36. The molecule has 1 saturated heterocycles. The van der Waals surface area contributed by atoms with Gasteiger partial charge in [0.15, 0.2) is 0 Å². The van der Waals surface area contributed by atoms with Crippen LogP contribution in [0.3, 0.4) is 0 Å². The van der Waals surface area contributed by atoms with Crippen LogP contribution in [0, 0.1) is 17.8 Å². The predicted molar refractivity (Wildman–Crippen MR) is 87.4 cm³/mol. The van der Waals surface area contributed by atoms with Crippen LogP contribution in [0.2, 0.25) is 0 Å². The van der Waals surface area contributed by atoms with Gasteiger partial charge in [0.2, 0.25) is 11.8 Å². The Hall–Kier alpha value is -2.43. The Kier molecular flexibility index (Phi) is 6.29. The van der Waals surface area contributed by atoms with E-state index in [4.69, 9.17) is 16.1 Å². The molecule has 1 unspecified atom stereocenters. The molecule has 1 aromatic rings. The zero-order valence-electron chi connectivity index (χ0n) is 13.4. The summed E-state index contributed by atoms with van der Waals surface area (Å²) in [5.41, 5.74) is 6.91. The van der Waals surface area contributed by atoms with Gasteiger partial charge in [0.1, 0.15) is 6.04 Å². The van der Waals surface area contributed by atoms with Crippen molar-refractivity contribution < 1.29 is 14.7 Å². The standard InChI is InChI=1S/C17H21N4O3/c18-11-14-3-1-13(2-4-14)5-6-16(23)21-8-7-20(9-10-22)12-15(21)17(19)24/h1-4,6,15,22H,5,7-10,12H2,(H2,19,24). The van der Waals surface area contributed by atoms with Crippen molar-refractivity contribution in [2.24, 2.45) is 5.73 Å². The number of nitrogens with zero attached hydrogens (tertiary/aromatic N) is 3. The number of carbonyl (C=O) groups excluding carboxylic acids is 2. The van der Waals surface area contributed by atoms with Gasteiger partial charge in [-0.05, 0) is 24.1 Å². The third-order valence-corrected chi connectivity index (χ3v) is 4.09. The molecule has 1 fully saturated rings. The largest absolute Gasteiger partial charge is 0.395 e. The van der Waals surface area contributed by atoms with Gasteiger partial charge >= 0.3 is 0 Å². The summed E-state index contributed by atoms with van der Waals surface area (Å²) in [4.78, 5) is 27.5. The highest BCUT2D eigenvalue weighted by Gasteiger charge is 2.33. The number of β-amino-alcohol motifs (C(OH)–C–C–N with tert-alkyl or cyclic N) is 1. The highest BCUT2D eigenvalue weighted by atomic mass is 16.3. The number of nitriles is 1. The molecule has 0 aliphatic carbocycles. The van der Waals surface area contributed by atoms with Crippen LogP contribution in [0.4, 0.5) is 0 Å². The molecular weight excluding hydrogens is 308 g/mol. The van der Waals surface area contributed by atoms with Crippen molar-refractivity contribution in [2.75, 3.05) is 32.8 Å². The van der Waals surface area contributed by atoms with Gasteiger partial charge in [0, 0.05) is 26.2 Å². The van der Waals surface area contributed by atoms with Crippen LogP contribution in [0.1, 0.15) is 11.1 Å². The number of hydrogen-bond donors (Lipinski definition) is 2. The van der Waals surface area contributed by atoms with E-state index in [0.29, 0.717) is 38.2 Å². The molecule has 0 bridgehead atoms. The van der Waals surface area contributed by atoms with E-state index >= 15 is 0 Å². The third-order valence-electron chi connectivity index (χ3n) is 4.09. The molecule has 1 aliphatic heterocycles. The summed E-state index contributed by atoms with van der Waals surface area (Å²) in [7, 11) is 0. The molecule has 127 valence electrons. The fourth-order valence-electron chi connectivity index (χ4n) is 2.73. The zero-order valence-corrected chi connectivity index (χ0v) is 13.4. The van der Waals surface area contributed by atoms with Crippen LogP contribution < -0.4 is 5.73 Å². The molecule has 1 atom stereocenters. The molecule has 1 radical (unpaired) electrons. The first-order valence-electron chi connectivity index (χ1n) is 7.80. The summed E-state index contributed by atoms with van der Waals surface area (Å²) in [6.45, 7) is 1.80. The first-order valence-corrected chi connectivity index (χ1v) is 7.80. The van der Waals surface area contributed by atoms with Crippen molar-refractivity contribution in [3.05, 3.63) is 41.8 Å². The van der Waals surface area contributed by atoms with Gasteiger partial charge in [0.25, 0.3) is 0 Å². The molecule has 7 nitrogen and oxygen atoms in total. The van der Waals surface area contributed by atoms with Crippen molar-refractivity contribution in [3.8, 4) is 6.07 Å². The van der Waals surface area contributed by atoms with E-state index < -0.39 is 11.9 Å². The van der Waals surface area contributed by atoms with Gasteiger partial charge in [0.05, 0.1) is 24.7 Å². The lowest BCUT2D eigenvalue weighted by Crippen LogP contribution is -2.60. The number of carbonyl (C=O) groups is 2. The Morgan fingerprint density at radius 1 is 1.33 bits per heavy atom. The summed E-state index contributed by atoms with van der Waals surface area (Å²) in [5.74, 6) is -0.774. The molecule has 2 amide bonds. The monoisotopic (exact) mass is 329 g/mol. The maximum Gasteiger partial charge on any atom is 0.241 e. The van der Waals surface area contributed by atoms with Gasteiger partial charge < -0.3 is 15.7 Å². The summed E-state index contributed by atoms with van der Waals surface area (Å²) in [5, 5.41) is 17.8. The topological polar surface area (TPSA) is 111 Å². The zero-order chi connectivity index (χ0) is 17.5. The Balaban J connectivity index is 1.94. The number of primary amides is 1. The molecule has 3 N–H and O–H groups in total. The number of benzene rings is 1. The number of aliphatic hydroxyl groups excluding tert-OH is 1. The Bertz CT molecular complexity index is 624. The van der Waals surface area contributed by atoms with Crippen molar-refractivity contribution in [1.29, 1.82) is 5.26 Å². The summed E-state index contributed by atoms with van der Waals surface area (Å²) >= 11 is 0. The lowest BCUT2D eigenvalue weighted by molar-refractivity contribution is -0.140. The third kappa shape index (κ3) is 4.54. The molecule has 7 heteroatoms. The average Bonchev–Trinajstić information content (AvgIpc) is 2.60. The quantitative estimate of drug-likeness (QED) is 0.717. The highest BCUT2D eigenvalue weighted by Crippen LogP contribution is 2.13. The molecule has 0 saturated carbocycles. The molecule has 0 spiro atoms. The van der Waals surface area contributed by atoms with Crippen molar-refractivity contribution in [1.82, 2.24) is 9.80 Å². The molecule has 0 aromatic heterocycles. The summed E-state index contributed by atoms with van der Waals surface area (Å²) < 4.78 is 0. The second-order valence-electron chi connectivity index (χ2n) is 5.69. The van der Waals surface area contributed by atoms with Gasteiger partial charge in [-0.25, -0.2) is 0 Å². The minimum absolute atomic E-state index is 0.00421. The number of rotatable bonds is 6. The minimum atomic E-state index is -0.685. The Morgan fingerprint density at radius 3 is 2.62 bits per heavy atom. The SMILES string of the molecule is N#Cc1ccc(C[CH]C(=O)N2CCN(CCO)CC2C(N)=O)cc1. The van der Waals surface area contributed by atoms with Crippen molar-refractivity contribution >= 4 is 11.8 Å². The van der Waals surface area contributed by atoms with Crippen LogP contribution >= 0.6 is 0 Å². The fraction of sp³-hybridized carbons (Fsp3) is 0.412. The smallest absolute Gasteiger partial charge is 0.241 e. The number of piperazine rings is 1. The number of hydrogen-bond acceptors (Lipinski definition) is 5. The van der Waals surface area contributed by atoms with E-state index in [-0.39, 0.29) is 12.5 Å². The molecule has 1 aromatic carbocycles. The minimum Gasteiger partial charge on any atom is -0.395 e. The lowest BCUT2D eigenvalue weighted by atomic mass is 10.1. The average molecular weight is 329 g/mol. The van der Waals surface area contributed by atoms with Crippen molar-refractivity contribution in [3.63, 3.8) is 0 Å². The van der Waals surface area contributed by atoms with Crippen molar-refractivity contribution in [2.45, 2.75) is 12.5 Å². The van der Waals surface area contributed by atoms with Gasteiger partial charge in [-0.1, -0.05) is 12.1 Å². The number of aliphatic hydroxyl groups is 1. The molecule has 2 rings (SSSR count). The fourth-order valence-corrected chi connectivity index (χ4v) is 2.73. The second kappa shape index (κ2) is 8.43. The normalized spacial score (nSPS) is 18.2. The predicted octanol–water partition coefficient (Wildman–Crippen LogP) is -0.705. The van der Waals surface area contributed by atoms with E-state index in [1.54, 1.807) is 24.3 Å². The van der Waals surface area contributed by atoms with E-state index in [2.05, 4.69) is 0 Å². The van der Waals surface area contributed by atoms with Gasteiger partial charge in [-0.15, -0.1) is 0 Å². The van der Waals surface area contributed by atoms with Gasteiger partial charge in [-0.3, -0.25) is 14.5 Å². The van der Waals surface area contributed by atoms with Crippen LogP contribution in [0.5, 0.6) is 0 Å². The number of nitrogens with two attached hydrogens (primary N) is 1. The molecular formula is C17H21N4O3. The van der Waals surface area contributed by atoms with Gasteiger partial charge in [-0.2, -0.15) is 5.26 Å². The maximum absolute atomic E-state index is 12.4. The van der Waals surface area contributed by atoms with E-state index in [0.717, 1.165) is 5.56 Å². The van der Waals surface area contributed by atoms with Crippen LogP contribution in [0.15, 0.2) is 24.3 Å². The van der Waals surface area contributed by atoms with E-state index in [1.807, 2.05) is 11.0 Å². The lowest BCUT2D eigenvalue weighted by Gasteiger charge is -2.39. The Labute approximate surface area is 141 Å². The van der Waals surface area contributed by atoms with E-state index in [1.165, 1.54) is 11.3 Å². The van der Waals surface area contributed by atoms with E-state index in [9.17, 15) is 9.59 Å². The van der Waals surface area contributed by atoms with Crippen LogP contribution in [-0.4, -0.2) is 65.5 Å². The summed E-state index contributed by atoms with van der Waals surface area (Å²) in [6.07, 6.45) is 1.95. The molecule has 24 heavy (non-hydrogen) atoms. The van der Waals surface area contributed by atoms with Crippen LogP contribution in [-0.2, 0) is 16.0 Å². The van der Waals surface area contributed by atoms with Crippen LogP contribution in [0.25, 0.3) is 0 Å². The molecule has 1 aliphatic rings.